The Bertz CT molecular complexity index is 593. The van der Waals surface area contributed by atoms with Gasteiger partial charge in [0.15, 0.2) is 0 Å². The van der Waals surface area contributed by atoms with E-state index in [0.717, 1.165) is 17.7 Å². The Kier molecular flexibility index (Phi) is 3.75. The second-order valence-corrected chi connectivity index (χ2v) is 5.53. The van der Waals surface area contributed by atoms with Crippen LogP contribution in [-0.2, 0) is 11.2 Å². The number of aryl methyl sites for hydroxylation is 1. The molecule has 2 unspecified atom stereocenters. The molecule has 0 saturated carbocycles. The monoisotopic (exact) mass is 267 g/mol. The minimum absolute atomic E-state index is 0.0645. The lowest BCUT2D eigenvalue weighted by atomic mass is 9.89. The smallest absolute Gasteiger partial charge is 0.0835 e. The first kappa shape index (κ1) is 13.2. The van der Waals surface area contributed by atoms with E-state index in [1.165, 1.54) is 24.0 Å². The molecule has 2 aromatic carbocycles. The predicted molar refractivity (Wildman–Crippen MR) is 82.5 cm³/mol. The summed E-state index contributed by atoms with van der Waals surface area (Å²) in [6.45, 7) is 2.10. The van der Waals surface area contributed by atoms with Gasteiger partial charge in [-0.25, -0.2) is 0 Å². The third-order valence-corrected chi connectivity index (χ3v) is 4.06. The van der Waals surface area contributed by atoms with Crippen LogP contribution in [0.3, 0.4) is 0 Å². The van der Waals surface area contributed by atoms with Crippen LogP contribution in [0, 0.1) is 0 Å². The molecular weight excluding hydrogens is 246 g/mol. The van der Waals surface area contributed by atoms with Crippen LogP contribution in [0.25, 0.3) is 0 Å². The summed E-state index contributed by atoms with van der Waals surface area (Å²) in [5.41, 5.74) is 10.6. The Labute approximate surface area is 120 Å². The van der Waals surface area contributed by atoms with E-state index >= 15 is 0 Å². The number of hydrogen-bond acceptors (Lipinski definition) is 2. The molecule has 1 aliphatic carbocycles. The van der Waals surface area contributed by atoms with Gasteiger partial charge in [-0.2, -0.15) is 0 Å². The van der Waals surface area contributed by atoms with Crippen molar-refractivity contribution in [3.05, 3.63) is 65.2 Å². The molecule has 0 aliphatic heterocycles. The van der Waals surface area contributed by atoms with Crippen LogP contribution in [0.1, 0.15) is 48.7 Å². The number of ether oxygens (including phenoxy) is 1. The topological polar surface area (TPSA) is 35.2 Å². The predicted octanol–water partition coefficient (Wildman–Crippen LogP) is 4.42. The maximum Gasteiger partial charge on any atom is 0.0835 e. The molecule has 2 heteroatoms. The number of rotatable bonds is 3. The Morgan fingerprint density at radius 3 is 2.85 bits per heavy atom. The molecule has 0 fully saturated rings. The van der Waals surface area contributed by atoms with Crippen molar-refractivity contribution in [3.63, 3.8) is 0 Å². The van der Waals surface area contributed by atoms with Crippen molar-refractivity contribution >= 4 is 5.69 Å². The molecule has 2 N–H and O–H groups in total. The van der Waals surface area contributed by atoms with Crippen molar-refractivity contribution < 1.29 is 4.74 Å². The lowest BCUT2D eigenvalue weighted by molar-refractivity contribution is -0.0141. The van der Waals surface area contributed by atoms with E-state index in [-0.39, 0.29) is 12.2 Å². The molecule has 2 atom stereocenters. The van der Waals surface area contributed by atoms with E-state index in [1.807, 2.05) is 18.2 Å². The van der Waals surface area contributed by atoms with Crippen molar-refractivity contribution in [2.24, 2.45) is 0 Å². The van der Waals surface area contributed by atoms with Gasteiger partial charge in [-0.15, -0.1) is 0 Å². The fourth-order valence-electron chi connectivity index (χ4n) is 2.99. The average molecular weight is 267 g/mol. The van der Waals surface area contributed by atoms with Crippen LogP contribution in [0.5, 0.6) is 0 Å². The molecule has 3 rings (SSSR count). The number of anilines is 1. The van der Waals surface area contributed by atoms with Gasteiger partial charge in [-0.05, 0) is 55.0 Å². The fraction of sp³-hybridized carbons (Fsp3) is 0.333. The van der Waals surface area contributed by atoms with Gasteiger partial charge < -0.3 is 10.5 Å². The van der Waals surface area contributed by atoms with E-state index in [4.69, 9.17) is 10.5 Å². The lowest BCUT2D eigenvalue weighted by Crippen LogP contribution is -2.14. The third kappa shape index (κ3) is 2.70. The minimum Gasteiger partial charge on any atom is -0.399 e. The Morgan fingerprint density at radius 1 is 1.15 bits per heavy atom. The average Bonchev–Trinajstić information content (AvgIpc) is 2.47. The number of benzene rings is 2. The van der Waals surface area contributed by atoms with Crippen LogP contribution < -0.4 is 5.73 Å². The van der Waals surface area contributed by atoms with E-state index in [2.05, 4.69) is 37.3 Å². The van der Waals surface area contributed by atoms with Crippen LogP contribution >= 0.6 is 0 Å². The molecular formula is C18H21NO. The molecule has 0 saturated heterocycles. The number of hydrogen-bond donors (Lipinski definition) is 1. The van der Waals surface area contributed by atoms with Crippen molar-refractivity contribution in [2.45, 2.75) is 38.4 Å². The first-order valence-electron chi connectivity index (χ1n) is 7.33. The minimum atomic E-state index is 0.0645. The van der Waals surface area contributed by atoms with Crippen LogP contribution in [0.15, 0.2) is 48.5 Å². The molecule has 0 amide bonds. The molecule has 0 bridgehead atoms. The number of nitrogen functional groups attached to an aromatic ring is 1. The molecule has 2 nitrogen and oxygen atoms in total. The van der Waals surface area contributed by atoms with E-state index in [0.29, 0.717) is 0 Å². The van der Waals surface area contributed by atoms with Crippen molar-refractivity contribution in [2.75, 3.05) is 5.73 Å². The zero-order valence-corrected chi connectivity index (χ0v) is 11.9. The summed E-state index contributed by atoms with van der Waals surface area (Å²) < 4.78 is 6.30. The normalized spacial score (nSPS) is 19.4. The molecule has 0 spiro atoms. The highest BCUT2D eigenvalue weighted by atomic mass is 16.5. The molecule has 2 aromatic rings. The maximum atomic E-state index is 6.30. The summed E-state index contributed by atoms with van der Waals surface area (Å²) in [7, 11) is 0. The van der Waals surface area contributed by atoms with Gasteiger partial charge in [0.05, 0.1) is 12.2 Å². The van der Waals surface area contributed by atoms with Gasteiger partial charge in [0, 0.05) is 5.69 Å². The number of fused-ring (bicyclic) bond motifs is 1. The second-order valence-electron chi connectivity index (χ2n) is 5.53. The molecule has 0 radical (unpaired) electrons. The van der Waals surface area contributed by atoms with Gasteiger partial charge in [0.25, 0.3) is 0 Å². The van der Waals surface area contributed by atoms with Crippen LogP contribution in [0.4, 0.5) is 5.69 Å². The summed E-state index contributed by atoms with van der Waals surface area (Å²) in [6.07, 6.45) is 3.74. The summed E-state index contributed by atoms with van der Waals surface area (Å²) in [5, 5.41) is 0. The highest BCUT2D eigenvalue weighted by Crippen LogP contribution is 2.36. The molecule has 0 heterocycles. The fourth-order valence-corrected chi connectivity index (χ4v) is 2.99. The van der Waals surface area contributed by atoms with E-state index in [1.54, 1.807) is 0 Å². The summed E-state index contributed by atoms with van der Waals surface area (Å²) in [5.74, 6) is 0. The van der Waals surface area contributed by atoms with Gasteiger partial charge in [-0.1, -0.05) is 36.4 Å². The molecule has 20 heavy (non-hydrogen) atoms. The largest absolute Gasteiger partial charge is 0.399 e. The first-order chi connectivity index (χ1) is 9.74. The van der Waals surface area contributed by atoms with Gasteiger partial charge in [-0.3, -0.25) is 0 Å². The van der Waals surface area contributed by atoms with Crippen molar-refractivity contribution in [1.82, 2.24) is 0 Å². The zero-order chi connectivity index (χ0) is 13.9. The first-order valence-corrected chi connectivity index (χ1v) is 7.33. The Balaban J connectivity index is 1.79. The molecule has 104 valence electrons. The SMILES string of the molecule is CC(OC1CCCc2ccccc21)c1cccc(N)c1. The lowest BCUT2D eigenvalue weighted by Gasteiger charge is -2.28. The second kappa shape index (κ2) is 5.68. The highest BCUT2D eigenvalue weighted by molar-refractivity contribution is 5.41. The summed E-state index contributed by atoms with van der Waals surface area (Å²) >= 11 is 0. The van der Waals surface area contributed by atoms with Crippen molar-refractivity contribution in [1.29, 1.82) is 0 Å². The maximum absolute atomic E-state index is 6.30. The molecule has 1 aliphatic rings. The Hall–Kier alpha value is -1.80. The van der Waals surface area contributed by atoms with E-state index < -0.39 is 0 Å². The third-order valence-electron chi connectivity index (χ3n) is 4.06. The standard InChI is InChI=1S/C18H21NO/c1-13(15-8-4-9-16(19)12-15)20-18-11-5-7-14-6-2-3-10-17(14)18/h2-4,6,8-10,12-13,18H,5,7,11,19H2,1H3. The number of nitrogens with two attached hydrogens (primary N) is 1. The van der Waals surface area contributed by atoms with Crippen LogP contribution in [-0.4, -0.2) is 0 Å². The zero-order valence-electron chi connectivity index (χ0n) is 11.9. The summed E-state index contributed by atoms with van der Waals surface area (Å²) in [4.78, 5) is 0. The Morgan fingerprint density at radius 2 is 2.00 bits per heavy atom. The van der Waals surface area contributed by atoms with Crippen LogP contribution in [0.2, 0.25) is 0 Å². The van der Waals surface area contributed by atoms with Gasteiger partial charge in [0.2, 0.25) is 0 Å². The van der Waals surface area contributed by atoms with E-state index in [9.17, 15) is 0 Å². The summed E-state index contributed by atoms with van der Waals surface area (Å²) in [6, 6.07) is 16.6. The van der Waals surface area contributed by atoms with Gasteiger partial charge in [0.1, 0.15) is 0 Å². The quantitative estimate of drug-likeness (QED) is 0.835. The van der Waals surface area contributed by atoms with Crippen molar-refractivity contribution in [3.8, 4) is 0 Å². The molecule has 0 aromatic heterocycles. The van der Waals surface area contributed by atoms with Gasteiger partial charge >= 0.3 is 0 Å². The highest BCUT2D eigenvalue weighted by Gasteiger charge is 2.22.